The number of likely N-dealkylation sites (tertiary alicyclic amines) is 1. The highest BCUT2D eigenvalue weighted by molar-refractivity contribution is 4.78. The van der Waals surface area contributed by atoms with Gasteiger partial charge in [0, 0.05) is 24.7 Å². The second-order valence-electron chi connectivity index (χ2n) is 6.25. The van der Waals surface area contributed by atoms with Crippen molar-refractivity contribution in [3.05, 3.63) is 0 Å². The van der Waals surface area contributed by atoms with Crippen LogP contribution in [0.15, 0.2) is 0 Å². The molecular weight excluding hydrogens is 210 g/mol. The van der Waals surface area contributed by atoms with Crippen molar-refractivity contribution in [1.29, 1.82) is 0 Å². The van der Waals surface area contributed by atoms with Crippen molar-refractivity contribution in [2.24, 2.45) is 0 Å². The number of nitrogens with zero attached hydrogens (tertiary/aromatic N) is 1. The fourth-order valence-electron chi connectivity index (χ4n) is 2.39. The van der Waals surface area contributed by atoms with Crippen LogP contribution in [0.4, 0.5) is 0 Å². The maximum Gasteiger partial charge on any atom is 0.00970 e. The van der Waals surface area contributed by atoms with Crippen LogP contribution in [0.3, 0.4) is 0 Å². The molecule has 0 aromatic heterocycles. The van der Waals surface area contributed by atoms with E-state index in [0.717, 1.165) is 19.1 Å². The molecule has 0 saturated carbocycles. The molecule has 17 heavy (non-hydrogen) atoms. The first-order valence-electron chi connectivity index (χ1n) is 7.22. The minimum Gasteiger partial charge on any atom is -0.313 e. The highest BCUT2D eigenvalue weighted by Gasteiger charge is 2.17. The number of hydrogen-bond acceptors (Lipinski definition) is 3. The Bertz CT molecular complexity index is 190. The van der Waals surface area contributed by atoms with Crippen LogP contribution in [0.25, 0.3) is 0 Å². The first-order valence-corrected chi connectivity index (χ1v) is 7.22. The van der Waals surface area contributed by atoms with E-state index in [4.69, 9.17) is 0 Å². The predicted molar refractivity (Wildman–Crippen MR) is 75.5 cm³/mol. The van der Waals surface area contributed by atoms with Gasteiger partial charge < -0.3 is 15.5 Å². The van der Waals surface area contributed by atoms with Crippen LogP contribution < -0.4 is 10.6 Å². The fourth-order valence-corrected chi connectivity index (χ4v) is 2.39. The molecule has 0 atom stereocenters. The van der Waals surface area contributed by atoms with Crippen molar-refractivity contribution < 1.29 is 0 Å². The van der Waals surface area contributed by atoms with E-state index in [1.807, 2.05) is 0 Å². The Kier molecular flexibility index (Phi) is 6.45. The Morgan fingerprint density at radius 1 is 1.12 bits per heavy atom. The number of hydrogen-bond donors (Lipinski definition) is 2. The standard InChI is InChI=1S/C14H31N3/c1-5-10-17-11-6-13(7-12-17)15-8-9-16-14(2,3)4/h13,15-16H,5-12H2,1-4H3. The molecule has 1 aliphatic rings. The van der Waals surface area contributed by atoms with Gasteiger partial charge in [-0.25, -0.2) is 0 Å². The normalized spacial score (nSPS) is 19.8. The van der Waals surface area contributed by atoms with Gasteiger partial charge >= 0.3 is 0 Å². The van der Waals surface area contributed by atoms with Crippen LogP contribution in [0.1, 0.15) is 47.0 Å². The van der Waals surface area contributed by atoms with Crippen molar-refractivity contribution in [1.82, 2.24) is 15.5 Å². The lowest BCUT2D eigenvalue weighted by Crippen LogP contribution is -2.46. The molecule has 1 saturated heterocycles. The van der Waals surface area contributed by atoms with Crippen LogP contribution in [0.5, 0.6) is 0 Å². The number of rotatable bonds is 6. The molecule has 0 spiro atoms. The largest absolute Gasteiger partial charge is 0.313 e. The third-order valence-corrected chi connectivity index (χ3v) is 3.34. The summed E-state index contributed by atoms with van der Waals surface area (Å²) in [5, 5.41) is 7.19. The molecular formula is C14H31N3. The van der Waals surface area contributed by atoms with E-state index in [1.54, 1.807) is 0 Å². The summed E-state index contributed by atoms with van der Waals surface area (Å²) in [6, 6.07) is 0.741. The SMILES string of the molecule is CCCN1CCC(NCCNC(C)(C)C)CC1. The number of nitrogens with one attached hydrogen (secondary N) is 2. The Labute approximate surface area is 107 Å². The van der Waals surface area contributed by atoms with E-state index in [9.17, 15) is 0 Å². The lowest BCUT2D eigenvalue weighted by molar-refractivity contribution is 0.198. The van der Waals surface area contributed by atoms with Crippen molar-refractivity contribution in [3.63, 3.8) is 0 Å². The molecule has 2 N–H and O–H groups in total. The zero-order chi connectivity index (χ0) is 12.7. The molecule has 0 bridgehead atoms. The first-order chi connectivity index (χ1) is 8.01. The maximum absolute atomic E-state index is 3.67. The molecule has 0 radical (unpaired) electrons. The van der Waals surface area contributed by atoms with Gasteiger partial charge in [-0.05, 0) is 59.7 Å². The molecule has 0 aromatic rings. The van der Waals surface area contributed by atoms with E-state index < -0.39 is 0 Å². The quantitative estimate of drug-likeness (QED) is 0.695. The van der Waals surface area contributed by atoms with Gasteiger partial charge in [-0.15, -0.1) is 0 Å². The van der Waals surface area contributed by atoms with E-state index in [1.165, 1.54) is 38.9 Å². The third-order valence-electron chi connectivity index (χ3n) is 3.34. The minimum atomic E-state index is 0.242. The monoisotopic (exact) mass is 241 g/mol. The molecule has 1 fully saturated rings. The summed E-state index contributed by atoms with van der Waals surface area (Å²) in [7, 11) is 0. The van der Waals surface area contributed by atoms with Gasteiger partial charge in [-0.2, -0.15) is 0 Å². The van der Waals surface area contributed by atoms with Gasteiger partial charge in [-0.3, -0.25) is 0 Å². The van der Waals surface area contributed by atoms with E-state index in [-0.39, 0.29) is 5.54 Å². The van der Waals surface area contributed by atoms with Crippen molar-refractivity contribution in [2.75, 3.05) is 32.7 Å². The van der Waals surface area contributed by atoms with Gasteiger partial charge in [-0.1, -0.05) is 6.92 Å². The second-order valence-corrected chi connectivity index (χ2v) is 6.25. The summed E-state index contributed by atoms with van der Waals surface area (Å²) >= 11 is 0. The maximum atomic E-state index is 3.67. The zero-order valence-corrected chi connectivity index (χ0v) is 12.2. The van der Waals surface area contributed by atoms with E-state index in [2.05, 4.69) is 43.2 Å². The summed E-state index contributed by atoms with van der Waals surface area (Å²) in [5.74, 6) is 0. The van der Waals surface area contributed by atoms with Crippen molar-refractivity contribution >= 4 is 0 Å². The molecule has 3 heteroatoms. The van der Waals surface area contributed by atoms with Crippen LogP contribution >= 0.6 is 0 Å². The molecule has 0 aliphatic carbocycles. The highest BCUT2D eigenvalue weighted by atomic mass is 15.1. The predicted octanol–water partition coefficient (Wildman–Crippen LogP) is 1.84. The van der Waals surface area contributed by atoms with E-state index >= 15 is 0 Å². The van der Waals surface area contributed by atoms with Gasteiger partial charge in [0.15, 0.2) is 0 Å². The Balaban J connectivity index is 2.02. The molecule has 102 valence electrons. The van der Waals surface area contributed by atoms with Crippen LogP contribution in [-0.2, 0) is 0 Å². The summed E-state index contributed by atoms with van der Waals surface area (Å²) in [5.41, 5.74) is 0.242. The summed E-state index contributed by atoms with van der Waals surface area (Å²) < 4.78 is 0. The van der Waals surface area contributed by atoms with Crippen LogP contribution in [-0.4, -0.2) is 49.2 Å². The molecule has 0 aromatic carbocycles. The molecule has 0 amide bonds. The molecule has 1 aliphatic heterocycles. The fraction of sp³-hybridized carbons (Fsp3) is 1.00. The van der Waals surface area contributed by atoms with Gasteiger partial charge in [0.25, 0.3) is 0 Å². The second kappa shape index (κ2) is 7.34. The van der Waals surface area contributed by atoms with Crippen LogP contribution in [0, 0.1) is 0 Å². The topological polar surface area (TPSA) is 27.3 Å². The molecule has 1 rings (SSSR count). The Morgan fingerprint density at radius 2 is 1.76 bits per heavy atom. The lowest BCUT2D eigenvalue weighted by Gasteiger charge is -2.32. The average Bonchev–Trinajstić information content (AvgIpc) is 2.26. The van der Waals surface area contributed by atoms with Crippen molar-refractivity contribution in [3.8, 4) is 0 Å². The smallest absolute Gasteiger partial charge is 0.00970 e. The Morgan fingerprint density at radius 3 is 2.29 bits per heavy atom. The average molecular weight is 241 g/mol. The van der Waals surface area contributed by atoms with Crippen molar-refractivity contribution in [2.45, 2.75) is 58.5 Å². The minimum absolute atomic E-state index is 0.242. The highest BCUT2D eigenvalue weighted by Crippen LogP contribution is 2.10. The van der Waals surface area contributed by atoms with E-state index in [0.29, 0.717) is 0 Å². The molecule has 3 nitrogen and oxygen atoms in total. The summed E-state index contributed by atoms with van der Waals surface area (Å²) in [6.45, 7) is 14.9. The molecule has 0 unspecified atom stereocenters. The van der Waals surface area contributed by atoms with Gasteiger partial charge in [0.05, 0.1) is 0 Å². The van der Waals surface area contributed by atoms with Gasteiger partial charge in [0.2, 0.25) is 0 Å². The van der Waals surface area contributed by atoms with Crippen LogP contribution in [0.2, 0.25) is 0 Å². The first kappa shape index (κ1) is 14.9. The number of piperidine rings is 1. The Hall–Kier alpha value is -0.120. The van der Waals surface area contributed by atoms with Gasteiger partial charge in [0.1, 0.15) is 0 Å². The lowest BCUT2D eigenvalue weighted by atomic mass is 10.0. The zero-order valence-electron chi connectivity index (χ0n) is 12.2. The third kappa shape index (κ3) is 7.02. The summed E-state index contributed by atoms with van der Waals surface area (Å²) in [4.78, 5) is 2.59. The summed E-state index contributed by atoms with van der Waals surface area (Å²) in [6.07, 6.45) is 3.92. The molecule has 1 heterocycles.